The number of phenols is 1. The van der Waals surface area contributed by atoms with Crippen molar-refractivity contribution < 1.29 is 19.4 Å². The van der Waals surface area contributed by atoms with E-state index in [0.717, 1.165) is 11.5 Å². The van der Waals surface area contributed by atoms with Gasteiger partial charge >= 0.3 is 6.09 Å². The number of ether oxygens (including phenoxy) is 2. The summed E-state index contributed by atoms with van der Waals surface area (Å²) < 4.78 is 10.7. The summed E-state index contributed by atoms with van der Waals surface area (Å²) in [5.74, 6) is 1.71. The Morgan fingerprint density at radius 3 is 2.85 bits per heavy atom. The van der Waals surface area contributed by atoms with Gasteiger partial charge in [0.25, 0.3) is 0 Å². The van der Waals surface area contributed by atoms with E-state index in [1.807, 2.05) is 20.8 Å². The number of piperazine rings is 1. The summed E-state index contributed by atoms with van der Waals surface area (Å²) in [4.78, 5) is 20.8. The number of benzene rings is 1. The molecule has 8 heteroatoms. The number of aromatic hydroxyl groups is 1. The standard InChI is InChI=1S/C19H28N4O4/c1-19(2,3)27-18(25)22-7-8-23-14(12-22)11-21-17(23)20-10-13-9-15(26-4)5-6-16(13)24/h5-6,9,14,24H,7-8,10-12H2,1-4H3,(H,20,21). The molecule has 1 fully saturated rings. The maximum absolute atomic E-state index is 12.3. The van der Waals surface area contributed by atoms with E-state index in [9.17, 15) is 9.90 Å². The maximum Gasteiger partial charge on any atom is 0.410 e. The van der Waals surface area contributed by atoms with Crippen LogP contribution in [0.2, 0.25) is 0 Å². The second kappa shape index (κ2) is 7.54. The molecule has 1 aromatic rings. The predicted molar refractivity (Wildman–Crippen MR) is 102 cm³/mol. The zero-order valence-corrected chi connectivity index (χ0v) is 16.4. The third-order valence-corrected chi connectivity index (χ3v) is 4.58. The highest BCUT2D eigenvalue weighted by Gasteiger charge is 2.36. The Labute approximate surface area is 159 Å². The Morgan fingerprint density at radius 2 is 2.15 bits per heavy atom. The van der Waals surface area contributed by atoms with Gasteiger partial charge in [0.2, 0.25) is 0 Å². The smallest absolute Gasteiger partial charge is 0.410 e. The van der Waals surface area contributed by atoms with Gasteiger partial charge in [-0.15, -0.1) is 0 Å². The Balaban J connectivity index is 1.56. The monoisotopic (exact) mass is 376 g/mol. The van der Waals surface area contributed by atoms with Gasteiger partial charge in [-0.25, -0.2) is 4.79 Å². The van der Waals surface area contributed by atoms with Crippen molar-refractivity contribution in [2.24, 2.45) is 4.99 Å². The van der Waals surface area contributed by atoms with Gasteiger partial charge in [0.15, 0.2) is 5.96 Å². The van der Waals surface area contributed by atoms with E-state index < -0.39 is 5.60 Å². The lowest BCUT2D eigenvalue weighted by atomic mass is 10.2. The normalized spacial score (nSPS) is 19.4. The van der Waals surface area contributed by atoms with Crippen LogP contribution >= 0.6 is 0 Å². The molecule has 0 bridgehead atoms. The van der Waals surface area contributed by atoms with Gasteiger partial charge in [-0.3, -0.25) is 4.99 Å². The Morgan fingerprint density at radius 1 is 1.37 bits per heavy atom. The molecule has 1 unspecified atom stereocenters. The molecule has 0 aromatic heterocycles. The molecule has 2 aliphatic heterocycles. The molecule has 3 rings (SSSR count). The van der Waals surface area contributed by atoms with Crippen LogP contribution in [-0.4, -0.2) is 71.9 Å². The molecule has 0 aliphatic carbocycles. The largest absolute Gasteiger partial charge is 0.508 e. The third-order valence-electron chi connectivity index (χ3n) is 4.58. The molecule has 1 amide bonds. The SMILES string of the molecule is COc1ccc(O)c(CNC2=NCC3CN(C(=O)OC(C)(C)C)CCN23)c1. The number of nitrogens with one attached hydrogen (secondary N) is 1. The number of rotatable bonds is 3. The molecule has 1 saturated heterocycles. The molecule has 2 N–H and O–H groups in total. The van der Waals surface area contributed by atoms with Crippen molar-refractivity contribution in [1.29, 1.82) is 0 Å². The van der Waals surface area contributed by atoms with Crippen LogP contribution in [0.15, 0.2) is 23.2 Å². The highest BCUT2D eigenvalue weighted by molar-refractivity contribution is 5.82. The number of hydrogen-bond donors (Lipinski definition) is 2. The molecule has 2 heterocycles. The fourth-order valence-electron chi connectivity index (χ4n) is 3.23. The lowest BCUT2D eigenvalue weighted by Gasteiger charge is -2.39. The number of nitrogens with zero attached hydrogens (tertiary/aromatic N) is 3. The van der Waals surface area contributed by atoms with E-state index in [1.54, 1.807) is 30.2 Å². The van der Waals surface area contributed by atoms with Gasteiger partial charge in [-0.2, -0.15) is 0 Å². The topological polar surface area (TPSA) is 86.6 Å². The molecule has 0 radical (unpaired) electrons. The molecule has 8 nitrogen and oxygen atoms in total. The minimum absolute atomic E-state index is 0.146. The average molecular weight is 376 g/mol. The number of aliphatic imine (C=N–C) groups is 1. The number of fused-ring (bicyclic) bond motifs is 1. The van der Waals surface area contributed by atoms with Crippen molar-refractivity contribution in [3.63, 3.8) is 0 Å². The molecule has 0 spiro atoms. The summed E-state index contributed by atoms with van der Waals surface area (Å²) in [6.45, 7) is 8.57. The van der Waals surface area contributed by atoms with Crippen molar-refractivity contribution >= 4 is 12.1 Å². The molecular formula is C19H28N4O4. The number of phenolic OH excluding ortho intramolecular Hbond substituents is 1. The van der Waals surface area contributed by atoms with Gasteiger partial charge in [-0.1, -0.05) is 0 Å². The van der Waals surface area contributed by atoms with Crippen LogP contribution in [0.25, 0.3) is 0 Å². The number of carbonyl (C=O) groups excluding carboxylic acids is 1. The van der Waals surface area contributed by atoms with Crippen LogP contribution < -0.4 is 10.1 Å². The highest BCUT2D eigenvalue weighted by atomic mass is 16.6. The first-order chi connectivity index (χ1) is 12.8. The average Bonchev–Trinajstić information content (AvgIpc) is 3.02. The Kier molecular flexibility index (Phi) is 5.34. The number of guanidine groups is 1. The summed E-state index contributed by atoms with van der Waals surface area (Å²) in [7, 11) is 1.60. The quantitative estimate of drug-likeness (QED) is 0.836. The zero-order valence-electron chi connectivity index (χ0n) is 16.4. The van der Waals surface area contributed by atoms with E-state index in [4.69, 9.17) is 9.47 Å². The fourth-order valence-corrected chi connectivity index (χ4v) is 3.23. The molecule has 148 valence electrons. The summed E-state index contributed by atoms with van der Waals surface area (Å²) in [6.07, 6.45) is -0.273. The van der Waals surface area contributed by atoms with Crippen LogP contribution in [0.5, 0.6) is 11.5 Å². The number of carbonyl (C=O) groups is 1. The van der Waals surface area contributed by atoms with E-state index >= 15 is 0 Å². The first kappa shape index (κ1) is 19.1. The fraction of sp³-hybridized carbons (Fsp3) is 0.579. The van der Waals surface area contributed by atoms with Gasteiger partial charge in [-0.05, 0) is 39.0 Å². The van der Waals surface area contributed by atoms with Crippen LogP contribution in [0.1, 0.15) is 26.3 Å². The van der Waals surface area contributed by atoms with Crippen molar-refractivity contribution in [2.75, 3.05) is 33.3 Å². The van der Waals surface area contributed by atoms with E-state index in [0.29, 0.717) is 38.5 Å². The Bertz CT molecular complexity index is 729. The summed E-state index contributed by atoms with van der Waals surface area (Å²) >= 11 is 0. The van der Waals surface area contributed by atoms with Crippen LogP contribution in [0.3, 0.4) is 0 Å². The lowest BCUT2D eigenvalue weighted by Crippen LogP contribution is -2.57. The second-order valence-corrected chi connectivity index (χ2v) is 7.79. The number of hydrogen-bond acceptors (Lipinski definition) is 7. The van der Waals surface area contributed by atoms with Crippen molar-refractivity contribution in [3.05, 3.63) is 23.8 Å². The summed E-state index contributed by atoms with van der Waals surface area (Å²) in [5, 5.41) is 13.3. The van der Waals surface area contributed by atoms with Crippen molar-refractivity contribution in [3.8, 4) is 11.5 Å². The molecule has 2 aliphatic rings. The summed E-state index contributed by atoms with van der Waals surface area (Å²) in [6, 6.07) is 5.29. The lowest BCUT2D eigenvalue weighted by molar-refractivity contribution is 0.0137. The van der Waals surface area contributed by atoms with Gasteiger partial charge in [0.1, 0.15) is 17.1 Å². The van der Waals surface area contributed by atoms with Crippen LogP contribution in [0, 0.1) is 0 Å². The first-order valence-electron chi connectivity index (χ1n) is 9.15. The minimum Gasteiger partial charge on any atom is -0.508 e. The van der Waals surface area contributed by atoms with Gasteiger partial charge < -0.3 is 29.7 Å². The Hall–Kier alpha value is -2.64. The first-order valence-corrected chi connectivity index (χ1v) is 9.15. The van der Waals surface area contributed by atoms with E-state index in [-0.39, 0.29) is 17.9 Å². The van der Waals surface area contributed by atoms with Gasteiger partial charge in [0.05, 0.1) is 19.7 Å². The van der Waals surface area contributed by atoms with Crippen molar-refractivity contribution in [2.45, 2.75) is 39.0 Å². The van der Waals surface area contributed by atoms with E-state index in [2.05, 4.69) is 15.2 Å². The molecule has 27 heavy (non-hydrogen) atoms. The maximum atomic E-state index is 12.3. The van der Waals surface area contributed by atoms with Crippen LogP contribution in [0.4, 0.5) is 4.79 Å². The molecule has 1 aromatic carbocycles. The molecule has 0 saturated carbocycles. The second-order valence-electron chi connectivity index (χ2n) is 7.79. The van der Waals surface area contributed by atoms with Crippen LogP contribution in [-0.2, 0) is 11.3 Å². The number of amides is 1. The predicted octanol–water partition coefficient (Wildman–Crippen LogP) is 1.78. The minimum atomic E-state index is -0.494. The molecule has 1 atom stereocenters. The third kappa shape index (κ3) is 4.56. The van der Waals surface area contributed by atoms with E-state index in [1.165, 1.54) is 0 Å². The summed E-state index contributed by atoms with van der Waals surface area (Å²) in [5.41, 5.74) is 0.249. The molecular weight excluding hydrogens is 348 g/mol. The van der Waals surface area contributed by atoms with Gasteiger partial charge in [0, 0.05) is 31.7 Å². The van der Waals surface area contributed by atoms with Crippen molar-refractivity contribution in [1.82, 2.24) is 15.1 Å². The highest BCUT2D eigenvalue weighted by Crippen LogP contribution is 2.23. The zero-order chi connectivity index (χ0) is 19.6. The number of methoxy groups -OCH3 is 1.